The van der Waals surface area contributed by atoms with Gasteiger partial charge >= 0.3 is 0 Å². The standard InChI is InChI=1S/C19H21N3/c1-3-7-21-11-14-9-18-16(8-13(2)10-22(18)12-20)15-5-4-6-17(21)19(14)15/h3-6,11,13,16,18H,1,7-10H2,2H3/t13-,16-,18-/m1/s1. The van der Waals surface area contributed by atoms with Gasteiger partial charge < -0.3 is 9.47 Å². The smallest absolute Gasteiger partial charge is 0.179 e. The summed E-state index contributed by atoms with van der Waals surface area (Å²) in [6.45, 7) is 7.87. The lowest BCUT2D eigenvalue weighted by molar-refractivity contribution is 0.149. The van der Waals surface area contributed by atoms with Crippen molar-refractivity contribution in [2.24, 2.45) is 5.92 Å². The molecule has 1 fully saturated rings. The van der Waals surface area contributed by atoms with Crippen molar-refractivity contribution in [2.45, 2.75) is 38.3 Å². The Morgan fingerprint density at radius 2 is 2.32 bits per heavy atom. The number of nitrogens with zero attached hydrogens (tertiary/aromatic N) is 3. The van der Waals surface area contributed by atoms with Crippen molar-refractivity contribution in [1.29, 1.82) is 5.26 Å². The fourth-order valence-electron chi connectivity index (χ4n) is 4.50. The highest BCUT2D eigenvalue weighted by molar-refractivity contribution is 5.89. The van der Waals surface area contributed by atoms with Crippen molar-refractivity contribution in [3.05, 3.63) is 48.2 Å². The van der Waals surface area contributed by atoms with E-state index in [2.05, 4.69) is 48.7 Å². The molecular formula is C19H21N3. The van der Waals surface area contributed by atoms with Crippen LogP contribution in [0, 0.1) is 17.4 Å². The first kappa shape index (κ1) is 13.5. The van der Waals surface area contributed by atoms with Crippen LogP contribution in [0.1, 0.15) is 30.4 Å². The second kappa shape index (κ2) is 4.91. The third-order valence-corrected chi connectivity index (χ3v) is 5.33. The molecule has 4 rings (SSSR count). The molecule has 1 aromatic heterocycles. The first-order valence-electron chi connectivity index (χ1n) is 8.10. The van der Waals surface area contributed by atoms with Crippen molar-refractivity contribution >= 4 is 10.9 Å². The first-order valence-corrected chi connectivity index (χ1v) is 8.10. The van der Waals surface area contributed by atoms with E-state index in [1.807, 2.05) is 11.0 Å². The summed E-state index contributed by atoms with van der Waals surface area (Å²) in [7, 11) is 0. The van der Waals surface area contributed by atoms with E-state index in [1.165, 1.54) is 28.5 Å². The van der Waals surface area contributed by atoms with Crippen molar-refractivity contribution in [2.75, 3.05) is 6.54 Å². The number of rotatable bonds is 2. The number of allylic oxidation sites excluding steroid dienone is 1. The normalized spacial score (nSPS) is 26.5. The molecule has 0 radical (unpaired) electrons. The van der Waals surface area contributed by atoms with E-state index in [9.17, 15) is 5.26 Å². The van der Waals surface area contributed by atoms with Crippen molar-refractivity contribution in [3.63, 3.8) is 0 Å². The summed E-state index contributed by atoms with van der Waals surface area (Å²) in [5.74, 6) is 1.06. The number of nitriles is 1. The van der Waals surface area contributed by atoms with E-state index in [4.69, 9.17) is 0 Å². The number of aromatic nitrogens is 1. The lowest BCUT2D eigenvalue weighted by atomic mass is 9.73. The van der Waals surface area contributed by atoms with Gasteiger partial charge in [-0.2, -0.15) is 5.26 Å². The maximum absolute atomic E-state index is 9.54. The van der Waals surface area contributed by atoms with E-state index >= 15 is 0 Å². The Labute approximate surface area is 131 Å². The third-order valence-electron chi connectivity index (χ3n) is 5.33. The summed E-state index contributed by atoms with van der Waals surface area (Å²) in [5.41, 5.74) is 4.15. The summed E-state index contributed by atoms with van der Waals surface area (Å²) < 4.78 is 2.29. The SMILES string of the molecule is C=CCn1cc2c3c(cccc31)[C@H]1C[C@@H](C)CN(C#N)[C@@H]1C2. The van der Waals surface area contributed by atoms with E-state index in [1.54, 1.807) is 0 Å². The van der Waals surface area contributed by atoms with Gasteiger partial charge in [0.1, 0.15) is 0 Å². The molecule has 0 N–H and O–H groups in total. The Hall–Kier alpha value is -2.21. The van der Waals surface area contributed by atoms with Crippen LogP contribution in [0.15, 0.2) is 37.1 Å². The quantitative estimate of drug-likeness (QED) is 0.625. The minimum Gasteiger partial charge on any atom is -0.343 e. The Morgan fingerprint density at radius 1 is 1.45 bits per heavy atom. The Kier molecular flexibility index (Phi) is 3.00. The Balaban J connectivity index is 1.90. The highest BCUT2D eigenvalue weighted by Gasteiger charge is 2.39. The predicted molar refractivity (Wildman–Crippen MR) is 88.5 cm³/mol. The average molecular weight is 291 g/mol. The molecule has 1 aromatic carbocycles. The van der Waals surface area contributed by atoms with Crippen LogP contribution in [0.25, 0.3) is 10.9 Å². The van der Waals surface area contributed by atoms with Gasteiger partial charge in [0.25, 0.3) is 0 Å². The van der Waals surface area contributed by atoms with Crippen LogP contribution in [0.5, 0.6) is 0 Å². The Bertz CT molecular complexity index is 780. The summed E-state index contributed by atoms with van der Waals surface area (Å²) in [5, 5.41) is 11.0. The molecule has 3 heteroatoms. The first-order chi connectivity index (χ1) is 10.7. The van der Waals surface area contributed by atoms with Crippen molar-refractivity contribution < 1.29 is 0 Å². The van der Waals surface area contributed by atoms with Crippen LogP contribution in [0.4, 0.5) is 0 Å². The number of fused-ring (bicyclic) bond motifs is 2. The van der Waals surface area contributed by atoms with Gasteiger partial charge in [-0.15, -0.1) is 6.58 Å². The van der Waals surface area contributed by atoms with Crippen LogP contribution in [-0.2, 0) is 13.0 Å². The number of benzene rings is 1. The van der Waals surface area contributed by atoms with Crippen LogP contribution >= 0.6 is 0 Å². The topological polar surface area (TPSA) is 32.0 Å². The zero-order chi connectivity index (χ0) is 15.3. The minimum atomic E-state index is 0.332. The molecule has 1 saturated heterocycles. The predicted octanol–water partition coefficient (Wildman–Crippen LogP) is 3.66. The van der Waals surface area contributed by atoms with Crippen LogP contribution in [0.3, 0.4) is 0 Å². The van der Waals surface area contributed by atoms with E-state index in [0.717, 1.165) is 19.5 Å². The molecule has 2 aromatic rings. The van der Waals surface area contributed by atoms with Crippen molar-refractivity contribution in [1.82, 2.24) is 9.47 Å². The second-order valence-electron chi connectivity index (χ2n) is 6.81. The molecule has 22 heavy (non-hydrogen) atoms. The van der Waals surface area contributed by atoms with Gasteiger partial charge in [0.2, 0.25) is 0 Å². The molecule has 0 unspecified atom stereocenters. The van der Waals surface area contributed by atoms with Gasteiger partial charge in [-0.1, -0.05) is 25.1 Å². The van der Waals surface area contributed by atoms with Gasteiger partial charge in [0, 0.05) is 36.1 Å². The largest absolute Gasteiger partial charge is 0.343 e. The Morgan fingerprint density at radius 3 is 3.09 bits per heavy atom. The highest BCUT2D eigenvalue weighted by atomic mass is 15.2. The third kappa shape index (κ3) is 1.80. The lowest BCUT2D eigenvalue weighted by Crippen LogP contribution is -2.46. The minimum absolute atomic E-state index is 0.332. The van der Waals surface area contributed by atoms with Gasteiger partial charge in [0.15, 0.2) is 6.19 Å². The summed E-state index contributed by atoms with van der Waals surface area (Å²) >= 11 is 0. The zero-order valence-corrected chi connectivity index (χ0v) is 13.0. The monoisotopic (exact) mass is 291 g/mol. The average Bonchev–Trinajstić information content (AvgIpc) is 2.87. The van der Waals surface area contributed by atoms with E-state index in [0.29, 0.717) is 17.9 Å². The highest BCUT2D eigenvalue weighted by Crippen LogP contribution is 2.45. The van der Waals surface area contributed by atoms with Gasteiger partial charge in [-0.05, 0) is 36.0 Å². The summed E-state index contributed by atoms with van der Waals surface area (Å²) in [4.78, 5) is 2.02. The van der Waals surface area contributed by atoms with Gasteiger partial charge in [-0.3, -0.25) is 0 Å². The molecule has 0 saturated carbocycles. The molecule has 3 nitrogen and oxygen atoms in total. The summed E-state index contributed by atoms with van der Waals surface area (Å²) in [6.07, 6.45) is 8.83. The van der Waals surface area contributed by atoms with Crippen LogP contribution in [-0.4, -0.2) is 22.1 Å². The molecule has 0 bridgehead atoms. The molecule has 1 aliphatic heterocycles. The number of likely N-dealkylation sites (tertiary alicyclic amines) is 1. The molecule has 1 aliphatic carbocycles. The zero-order valence-electron chi connectivity index (χ0n) is 13.0. The second-order valence-corrected chi connectivity index (χ2v) is 6.81. The fourth-order valence-corrected chi connectivity index (χ4v) is 4.50. The maximum atomic E-state index is 9.54. The number of hydrogen-bond donors (Lipinski definition) is 0. The molecule has 2 heterocycles. The summed E-state index contributed by atoms with van der Waals surface area (Å²) in [6, 6.07) is 6.98. The van der Waals surface area contributed by atoms with Crippen LogP contribution in [0.2, 0.25) is 0 Å². The number of piperidine rings is 1. The lowest BCUT2D eigenvalue weighted by Gasteiger charge is -2.43. The van der Waals surface area contributed by atoms with E-state index < -0.39 is 0 Å². The molecular weight excluding hydrogens is 270 g/mol. The molecule has 112 valence electrons. The van der Waals surface area contributed by atoms with E-state index in [-0.39, 0.29) is 0 Å². The maximum Gasteiger partial charge on any atom is 0.179 e. The van der Waals surface area contributed by atoms with Gasteiger partial charge in [-0.25, -0.2) is 0 Å². The van der Waals surface area contributed by atoms with Crippen molar-refractivity contribution in [3.8, 4) is 6.19 Å². The number of hydrogen-bond acceptors (Lipinski definition) is 2. The molecule has 3 atom stereocenters. The fraction of sp³-hybridized carbons (Fsp3) is 0.421. The molecule has 0 spiro atoms. The molecule has 0 amide bonds. The van der Waals surface area contributed by atoms with Crippen LogP contribution < -0.4 is 0 Å². The molecule has 2 aliphatic rings. The van der Waals surface area contributed by atoms with Gasteiger partial charge in [0.05, 0.1) is 6.04 Å².